The molecule has 0 atom stereocenters. The Morgan fingerprint density at radius 3 is 2.31 bits per heavy atom. The van der Waals surface area contributed by atoms with Crippen molar-refractivity contribution in [3.8, 4) is 11.6 Å². The van der Waals surface area contributed by atoms with Crippen LogP contribution in [0.2, 0.25) is 0 Å². The number of aryl methyl sites for hydroxylation is 1. The Labute approximate surface area is 165 Å². The number of nitrogens with zero attached hydrogens (tertiary/aromatic N) is 2. The Hall–Kier alpha value is -3.42. The van der Waals surface area contributed by atoms with E-state index in [2.05, 4.69) is 9.97 Å². The minimum absolute atomic E-state index is 0.0676. The molecule has 3 aromatic rings. The second-order valence-corrected chi connectivity index (χ2v) is 6.57. The van der Waals surface area contributed by atoms with Crippen molar-refractivity contribution in [1.82, 2.24) is 9.97 Å². The van der Waals surface area contributed by atoms with E-state index in [0.29, 0.717) is 17.2 Å². The van der Waals surface area contributed by atoms with Gasteiger partial charge in [-0.05, 0) is 41.8 Å². The van der Waals surface area contributed by atoms with Gasteiger partial charge < -0.3 is 10.5 Å². The lowest BCUT2D eigenvalue weighted by atomic mass is 9.99. The Kier molecular flexibility index (Phi) is 5.81. The minimum atomic E-state index is -4.44. The highest BCUT2D eigenvalue weighted by Gasteiger charge is 2.32. The molecular weight excluding hydrogens is 383 g/mol. The molecule has 5 nitrogen and oxygen atoms in total. The van der Waals surface area contributed by atoms with Gasteiger partial charge >= 0.3 is 6.18 Å². The predicted molar refractivity (Wildman–Crippen MR) is 102 cm³/mol. The first-order valence-corrected chi connectivity index (χ1v) is 8.73. The minimum Gasteiger partial charge on any atom is -0.439 e. The topological polar surface area (TPSA) is 78.1 Å². The number of benzene rings is 2. The molecule has 1 heterocycles. The van der Waals surface area contributed by atoms with Gasteiger partial charge in [-0.25, -0.2) is 9.97 Å². The van der Waals surface area contributed by atoms with Crippen LogP contribution in [0, 0.1) is 6.92 Å². The molecule has 0 radical (unpaired) electrons. The molecule has 0 amide bonds. The number of hydrogen-bond donors (Lipinski definition) is 1. The summed E-state index contributed by atoms with van der Waals surface area (Å²) in [5.41, 5.74) is 6.06. The van der Waals surface area contributed by atoms with Crippen LogP contribution in [0.3, 0.4) is 0 Å². The number of halogens is 3. The van der Waals surface area contributed by atoms with Crippen molar-refractivity contribution in [1.29, 1.82) is 0 Å². The standard InChI is InChI=1S/C21H18F3N3O2/c1-13-2-3-15(10-18(13)21(22,23)24)9-16(28)8-14-4-6-17(7-5-14)29-20-11-19(25)26-12-27-20/h2-7,10-12H,8-9H2,1H3,(H2,25,26,27). The van der Waals surface area contributed by atoms with Crippen molar-refractivity contribution in [3.63, 3.8) is 0 Å². The van der Waals surface area contributed by atoms with Gasteiger partial charge in [-0.15, -0.1) is 0 Å². The van der Waals surface area contributed by atoms with Crippen LogP contribution in [0.15, 0.2) is 54.9 Å². The first-order valence-electron chi connectivity index (χ1n) is 8.73. The summed E-state index contributed by atoms with van der Waals surface area (Å²) < 4.78 is 44.6. The fourth-order valence-corrected chi connectivity index (χ4v) is 2.81. The molecule has 0 aliphatic carbocycles. The summed E-state index contributed by atoms with van der Waals surface area (Å²) in [4.78, 5) is 20.0. The second kappa shape index (κ2) is 8.30. The largest absolute Gasteiger partial charge is 0.439 e. The Balaban J connectivity index is 1.62. The molecule has 0 spiro atoms. The van der Waals surface area contributed by atoms with Crippen molar-refractivity contribution in [3.05, 3.63) is 77.1 Å². The van der Waals surface area contributed by atoms with Gasteiger partial charge in [0, 0.05) is 18.9 Å². The molecule has 2 aromatic carbocycles. The number of nitrogens with two attached hydrogens (primary N) is 1. The van der Waals surface area contributed by atoms with Gasteiger partial charge in [0.1, 0.15) is 23.7 Å². The number of hydrogen-bond acceptors (Lipinski definition) is 5. The SMILES string of the molecule is Cc1ccc(CC(=O)Cc2ccc(Oc3cc(N)ncn3)cc2)cc1C(F)(F)F. The third kappa shape index (κ3) is 5.54. The van der Waals surface area contributed by atoms with Crippen LogP contribution >= 0.6 is 0 Å². The Morgan fingerprint density at radius 2 is 1.66 bits per heavy atom. The zero-order valence-electron chi connectivity index (χ0n) is 15.5. The number of nitrogen functional groups attached to an aromatic ring is 1. The number of carbonyl (C=O) groups is 1. The van der Waals surface area contributed by atoms with Crippen molar-refractivity contribution in [2.75, 3.05) is 5.73 Å². The molecule has 0 bridgehead atoms. The summed E-state index contributed by atoms with van der Waals surface area (Å²) in [6.07, 6.45) is -3.11. The van der Waals surface area contributed by atoms with Crippen molar-refractivity contribution in [2.45, 2.75) is 25.9 Å². The number of aromatic nitrogens is 2. The zero-order valence-corrected chi connectivity index (χ0v) is 15.5. The van der Waals surface area contributed by atoms with Crippen LogP contribution in [0.5, 0.6) is 11.6 Å². The predicted octanol–water partition coefficient (Wildman–Crippen LogP) is 4.53. The third-order valence-electron chi connectivity index (χ3n) is 4.22. The van der Waals surface area contributed by atoms with Gasteiger partial charge in [0.2, 0.25) is 5.88 Å². The van der Waals surface area contributed by atoms with Gasteiger partial charge in [-0.1, -0.05) is 24.3 Å². The smallest absolute Gasteiger partial charge is 0.416 e. The molecule has 0 unspecified atom stereocenters. The van der Waals surface area contributed by atoms with E-state index in [-0.39, 0.29) is 30.0 Å². The number of alkyl halides is 3. The third-order valence-corrected chi connectivity index (χ3v) is 4.22. The summed E-state index contributed by atoms with van der Waals surface area (Å²) >= 11 is 0. The van der Waals surface area contributed by atoms with E-state index in [4.69, 9.17) is 10.5 Å². The maximum Gasteiger partial charge on any atom is 0.416 e. The Bertz CT molecular complexity index is 1020. The average Bonchev–Trinajstić information content (AvgIpc) is 2.64. The normalized spacial score (nSPS) is 11.3. The monoisotopic (exact) mass is 401 g/mol. The molecule has 3 rings (SSSR count). The fourth-order valence-electron chi connectivity index (χ4n) is 2.81. The van der Waals surface area contributed by atoms with E-state index in [1.165, 1.54) is 25.4 Å². The van der Waals surface area contributed by atoms with Gasteiger partial charge in [-0.2, -0.15) is 13.2 Å². The summed E-state index contributed by atoms with van der Waals surface area (Å²) in [6.45, 7) is 1.40. The lowest BCUT2D eigenvalue weighted by molar-refractivity contribution is -0.138. The first-order chi connectivity index (χ1) is 13.7. The zero-order chi connectivity index (χ0) is 21.0. The highest BCUT2D eigenvalue weighted by molar-refractivity contribution is 5.83. The molecule has 1 aromatic heterocycles. The molecule has 2 N–H and O–H groups in total. The lowest BCUT2D eigenvalue weighted by Crippen LogP contribution is -2.11. The van der Waals surface area contributed by atoms with Gasteiger partial charge in [0.05, 0.1) is 5.56 Å². The molecule has 0 aliphatic rings. The first kappa shape index (κ1) is 20.3. The maximum atomic E-state index is 13.0. The van der Waals surface area contributed by atoms with E-state index in [1.54, 1.807) is 30.3 Å². The molecule has 0 saturated carbocycles. The highest BCUT2D eigenvalue weighted by atomic mass is 19.4. The number of rotatable bonds is 6. The summed E-state index contributed by atoms with van der Waals surface area (Å²) in [6, 6.07) is 12.2. The number of carbonyl (C=O) groups excluding carboxylic acids is 1. The molecule has 29 heavy (non-hydrogen) atoms. The highest BCUT2D eigenvalue weighted by Crippen LogP contribution is 2.32. The second-order valence-electron chi connectivity index (χ2n) is 6.57. The summed E-state index contributed by atoms with van der Waals surface area (Å²) in [7, 11) is 0. The maximum absolute atomic E-state index is 13.0. The Morgan fingerprint density at radius 1 is 1.00 bits per heavy atom. The lowest BCUT2D eigenvalue weighted by Gasteiger charge is -2.12. The number of ether oxygens (including phenoxy) is 1. The van der Waals surface area contributed by atoms with Crippen LogP contribution in [0.1, 0.15) is 22.3 Å². The summed E-state index contributed by atoms with van der Waals surface area (Å²) in [5.74, 6) is 0.898. The van der Waals surface area contributed by atoms with E-state index in [1.807, 2.05) is 0 Å². The van der Waals surface area contributed by atoms with Crippen LogP contribution in [0.25, 0.3) is 0 Å². The van der Waals surface area contributed by atoms with Crippen LogP contribution < -0.4 is 10.5 Å². The molecule has 0 fully saturated rings. The van der Waals surface area contributed by atoms with Gasteiger partial charge in [-0.3, -0.25) is 4.79 Å². The van der Waals surface area contributed by atoms with E-state index in [9.17, 15) is 18.0 Å². The molecule has 8 heteroatoms. The number of ketones is 1. The van der Waals surface area contributed by atoms with Crippen molar-refractivity contribution >= 4 is 11.6 Å². The fraction of sp³-hybridized carbons (Fsp3) is 0.190. The van der Waals surface area contributed by atoms with Gasteiger partial charge in [0.25, 0.3) is 0 Å². The number of anilines is 1. The van der Waals surface area contributed by atoms with Gasteiger partial charge in [0.15, 0.2) is 0 Å². The summed E-state index contributed by atoms with van der Waals surface area (Å²) in [5, 5.41) is 0. The van der Waals surface area contributed by atoms with E-state index in [0.717, 1.165) is 11.6 Å². The molecule has 0 aliphatic heterocycles. The van der Waals surface area contributed by atoms with Crippen LogP contribution in [-0.2, 0) is 23.8 Å². The van der Waals surface area contributed by atoms with E-state index >= 15 is 0 Å². The van der Waals surface area contributed by atoms with Crippen molar-refractivity contribution < 1.29 is 22.7 Å². The van der Waals surface area contributed by atoms with Crippen LogP contribution in [-0.4, -0.2) is 15.8 Å². The number of Topliss-reactive ketones (excluding diaryl/α,β-unsaturated/α-hetero) is 1. The van der Waals surface area contributed by atoms with Crippen LogP contribution in [0.4, 0.5) is 19.0 Å². The van der Waals surface area contributed by atoms with E-state index < -0.39 is 11.7 Å². The average molecular weight is 401 g/mol. The molecular formula is C21H18F3N3O2. The molecule has 150 valence electrons. The quantitative estimate of drug-likeness (QED) is 0.657. The van der Waals surface area contributed by atoms with Crippen molar-refractivity contribution in [2.24, 2.45) is 0 Å². The molecule has 0 saturated heterocycles.